The van der Waals surface area contributed by atoms with Gasteiger partial charge < -0.3 is 10.1 Å². The molecule has 3 nitrogen and oxygen atoms in total. The second-order valence-electron chi connectivity index (χ2n) is 5.79. The van der Waals surface area contributed by atoms with Crippen LogP contribution in [-0.4, -0.2) is 16.1 Å². The van der Waals surface area contributed by atoms with E-state index in [0.29, 0.717) is 0 Å². The van der Waals surface area contributed by atoms with Crippen LogP contribution in [0.15, 0.2) is 12.1 Å². The molecule has 2 N–H and O–H groups in total. The summed E-state index contributed by atoms with van der Waals surface area (Å²) in [6.07, 6.45) is 3.13. The first kappa shape index (κ1) is 12.3. The van der Waals surface area contributed by atoms with Gasteiger partial charge in [0.2, 0.25) is 0 Å². The van der Waals surface area contributed by atoms with Crippen molar-refractivity contribution >= 4 is 16.9 Å². The van der Waals surface area contributed by atoms with Gasteiger partial charge in [-0.2, -0.15) is 0 Å². The van der Waals surface area contributed by atoms with Gasteiger partial charge in [0.25, 0.3) is 0 Å². The van der Waals surface area contributed by atoms with E-state index in [0.717, 1.165) is 19.3 Å². The predicted molar refractivity (Wildman–Crippen MR) is 75.5 cm³/mol. The number of hydrogen-bond acceptors (Lipinski definition) is 1. The molecule has 1 aliphatic rings. The Labute approximate surface area is 112 Å². The number of carbonyl (C=O) groups is 1. The van der Waals surface area contributed by atoms with Crippen LogP contribution in [0.25, 0.3) is 10.9 Å². The van der Waals surface area contributed by atoms with Crippen LogP contribution in [0, 0.1) is 19.8 Å². The Kier molecular flexibility index (Phi) is 2.85. The molecule has 0 bridgehead atoms. The van der Waals surface area contributed by atoms with E-state index >= 15 is 0 Å². The van der Waals surface area contributed by atoms with Gasteiger partial charge in [-0.05, 0) is 56.2 Å². The molecule has 0 amide bonds. The van der Waals surface area contributed by atoms with E-state index < -0.39 is 5.97 Å². The first-order chi connectivity index (χ1) is 9.04. The normalized spacial score (nSPS) is 18.5. The van der Waals surface area contributed by atoms with Gasteiger partial charge in [-0.3, -0.25) is 4.79 Å². The summed E-state index contributed by atoms with van der Waals surface area (Å²) in [5.41, 5.74) is 6.43. The maximum Gasteiger partial charge on any atom is 0.303 e. The van der Waals surface area contributed by atoms with Gasteiger partial charge in [0.15, 0.2) is 0 Å². The summed E-state index contributed by atoms with van der Waals surface area (Å²) < 4.78 is 0. The van der Waals surface area contributed by atoms with Gasteiger partial charge in [0.05, 0.1) is 0 Å². The number of aromatic amines is 1. The highest BCUT2D eigenvalue weighted by Gasteiger charge is 2.24. The lowest BCUT2D eigenvalue weighted by Gasteiger charge is -2.20. The fourth-order valence-electron chi connectivity index (χ4n) is 3.37. The molecule has 2 aromatic rings. The van der Waals surface area contributed by atoms with Crippen molar-refractivity contribution in [1.29, 1.82) is 0 Å². The number of H-pyrrole nitrogens is 1. The molecule has 1 unspecified atom stereocenters. The van der Waals surface area contributed by atoms with Crippen LogP contribution in [-0.2, 0) is 17.6 Å². The zero-order valence-electron chi connectivity index (χ0n) is 11.4. The SMILES string of the molecule is Cc1cc(C)c2[nH]c3c(c2c1)CC(CC(=O)O)CC3. The lowest BCUT2D eigenvalue weighted by Crippen LogP contribution is -2.16. The van der Waals surface area contributed by atoms with Crippen LogP contribution < -0.4 is 0 Å². The number of aliphatic carboxylic acids is 1. The number of hydrogen-bond donors (Lipinski definition) is 2. The molecule has 3 heteroatoms. The van der Waals surface area contributed by atoms with Crippen molar-refractivity contribution in [3.8, 4) is 0 Å². The van der Waals surface area contributed by atoms with Crippen molar-refractivity contribution < 1.29 is 9.90 Å². The molecule has 1 heterocycles. The largest absolute Gasteiger partial charge is 0.481 e. The molecule has 1 atom stereocenters. The number of aromatic nitrogens is 1. The third-order valence-corrected chi connectivity index (χ3v) is 4.20. The monoisotopic (exact) mass is 257 g/mol. The molecule has 1 aromatic heterocycles. The first-order valence-electron chi connectivity index (χ1n) is 6.87. The summed E-state index contributed by atoms with van der Waals surface area (Å²) >= 11 is 0. The number of carboxylic acids is 1. The van der Waals surface area contributed by atoms with Gasteiger partial charge >= 0.3 is 5.97 Å². The second-order valence-corrected chi connectivity index (χ2v) is 5.79. The highest BCUT2D eigenvalue weighted by Crippen LogP contribution is 2.34. The maximum atomic E-state index is 10.9. The van der Waals surface area contributed by atoms with Crippen molar-refractivity contribution in [3.63, 3.8) is 0 Å². The minimum Gasteiger partial charge on any atom is -0.481 e. The van der Waals surface area contributed by atoms with Gasteiger partial charge in [-0.1, -0.05) is 11.6 Å². The molecule has 19 heavy (non-hydrogen) atoms. The molecular weight excluding hydrogens is 238 g/mol. The molecule has 0 spiro atoms. The zero-order chi connectivity index (χ0) is 13.6. The average Bonchev–Trinajstić information content (AvgIpc) is 2.67. The van der Waals surface area contributed by atoms with Gasteiger partial charge in [-0.15, -0.1) is 0 Å². The van der Waals surface area contributed by atoms with Gasteiger partial charge in [0.1, 0.15) is 0 Å². The summed E-state index contributed by atoms with van der Waals surface area (Å²) in [4.78, 5) is 14.4. The minimum absolute atomic E-state index is 0.282. The molecule has 0 radical (unpaired) electrons. The molecular formula is C16H19NO2. The first-order valence-corrected chi connectivity index (χ1v) is 6.87. The molecule has 3 rings (SSSR count). The maximum absolute atomic E-state index is 10.9. The van der Waals surface area contributed by atoms with E-state index in [9.17, 15) is 4.79 Å². The fourth-order valence-corrected chi connectivity index (χ4v) is 3.37. The van der Waals surface area contributed by atoms with E-state index in [2.05, 4.69) is 31.0 Å². The Morgan fingerprint density at radius 2 is 2.21 bits per heavy atom. The molecule has 1 aromatic carbocycles. The number of carboxylic acid groups (broad SMARTS) is 1. The molecule has 1 aliphatic carbocycles. The van der Waals surface area contributed by atoms with E-state index in [4.69, 9.17) is 5.11 Å². The van der Waals surface area contributed by atoms with Crippen LogP contribution in [0.5, 0.6) is 0 Å². The van der Waals surface area contributed by atoms with E-state index in [1.54, 1.807) is 0 Å². The van der Waals surface area contributed by atoms with Crippen LogP contribution in [0.3, 0.4) is 0 Å². The highest BCUT2D eigenvalue weighted by atomic mass is 16.4. The average molecular weight is 257 g/mol. The lowest BCUT2D eigenvalue weighted by molar-refractivity contribution is -0.138. The van der Waals surface area contributed by atoms with Crippen molar-refractivity contribution in [2.75, 3.05) is 0 Å². The second kappa shape index (κ2) is 4.41. The molecule has 0 fully saturated rings. The zero-order valence-corrected chi connectivity index (χ0v) is 11.4. The summed E-state index contributed by atoms with van der Waals surface area (Å²) in [5, 5.41) is 10.3. The third-order valence-electron chi connectivity index (χ3n) is 4.20. The number of rotatable bonds is 2. The van der Waals surface area contributed by atoms with Gasteiger partial charge in [-0.25, -0.2) is 0 Å². The van der Waals surface area contributed by atoms with Crippen LogP contribution in [0.2, 0.25) is 0 Å². The lowest BCUT2D eigenvalue weighted by atomic mass is 9.84. The summed E-state index contributed by atoms with van der Waals surface area (Å²) in [5.74, 6) is -0.398. The fraction of sp³-hybridized carbons (Fsp3) is 0.438. The van der Waals surface area contributed by atoms with Crippen molar-refractivity contribution in [2.45, 2.75) is 39.5 Å². The van der Waals surface area contributed by atoms with E-state index in [1.807, 2.05) is 0 Å². The number of fused-ring (bicyclic) bond motifs is 3. The van der Waals surface area contributed by atoms with Crippen LogP contribution >= 0.6 is 0 Å². The number of benzene rings is 1. The minimum atomic E-state index is -0.680. The Bertz CT molecular complexity index is 654. The predicted octanol–water partition coefficient (Wildman–Crippen LogP) is 3.36. The Balaban J connectivity index is 2.05. The molecule has 0 saturated heterocycles. The quantitative estimate of drug-likeness (QED) is 0.866. The molecule has 0 saturated carbocycles. The third kappa shape index (κ3) is 2.14. The molecule has 100 valence electrons. The standard InChI is InChI=1S/C16H19NO2/c1-9-5-10(2)16-13(6-9)12-7-11(8-15(18)19)3-4-14(12)17-16/h5-6,11,17H,3-4,7-8H2,1-2H3,(H,18,19). The molecule has 0 aliphatic heterocycles. The Morgan fingerprint density at radius 1 is 1.42 bits per heavy atom. The van der Waals surface area contributed by atoms with Crippen LogP contribution in [0.4, 0.5) is 0 Å². The van der Waals surface area contributed by atoms with E-state index in [1.165, 1.54) is 33.3 Å². The summed E-state index contributed by atoms with van der Waals surface area (Å²) in [6.45, 7) is 4.25. The Morgan fingerprint density at radius 3 is 2.95 bits per heavy atom. The highest BCUT2D eigenvalue weighted by molar-refractivity contribution is 5.88. The number of nitrogens with one attached hydrogen (secondary N) is 1. The van der Waals surface area contributed by atoms with Crippen molar-refractivity contribution in [1.82, 2.24) is 4.98 Å². The summed E-state index contributed by atoms with van der Waals surface area (Å²) in [7, 11) is 0. The van der Waals surface area contributed by atoms with Crippen molar-refractivity contribution in [2.24, 2.45) is 5.92 Å². The topological polar surface area (TPSA) is 53.1 Å². The van der Waals surface area contributed by atoms with E-state index in [-0.39, 0.29) is 12.3 Å². The smallest absolute Gasteiger partial charge is 0.303 e. The summed E-state index contributed by atoms with van der Waals surface area (Å²) in [6, 6.07) is 4.42. The Hall–Kier alpha value is -1.77. The number of aryl methyl sites for hydroxylation is 3. The van der Waals surface area contributed by atoms with Crippen LogP contribution in [0.1, 0.15) is 35.2 Å². The van der Waals surface area contributed by atoms with Gasteiger partial charge in [0, 0.05) is 23.0 Å². The van der Waals surface area contributed by atoms with Crippen molar-refractivity contribution in [3.05, 3.63) is 34.5 Å².